The van der Waals surface area contributed by atoms with E-state index in [1.54, 1.807) is 11.6 Å². The van der Waals surface area contributed by atoms with Crippen LogP contribution in [0.2, 0.25) is 0 Å². The summed E-state index contributed by atoms with van der Waals surface area (Å²) in [7, 11) is 1.68. The average Bonchev–Trinajstić information content (AvgIpc) is 2.95. The van der Waals surface area contributed by atoms with Crippen LogP contribution in [0.3, 0.4) is 0 Å². The van der Waals surface area contributed by atoms with Crippen molar-refractivity contribution in [2.75, 3.05) is 0 Å². The first-order chi connectivity index (χ1) is 11.8. The van der Waals surface area contributed by atoms with Gasteiger partial charge in [-0.05, 0) is 5.56 Å². The molecular weight excluding hydrogens is 298 g/mol. The number of nitrogens with zero attached hydrogens (tertiary/aromatic N) is 3. The Morgan fingerprint density at radius 2 is 1.33 bits per heavy atom. The highest BCUT2D eigenvalue weighted by molar-refractivity contribution is 5.54. The summed E-state index contributed by atoms with van der Waals surface area (Å²) in [6.45, 7) is 8.53. The maximum Gasteiger partial charge on any atom is 0.346 e. The van der Waals surface area contributed by atoms with E-state index >= 15 is 0 Å². The minimum absolute atomic E-state index is 0.104. The molecule has 2 aromatic carbocycles. The molecule has 0 bridgehead atoms. The van der Waals surface area contributed by atoms with Crippen LogP contribution in [0.5, 0.6) is 0 Å². The third-order valence-electron chi connectivity index (χ3n) is 3.22. The lowest BCUT2D eigenvalue weighted by atomic mass is 10.2. The van der Waals surface area contributed by atoms with Crippen LogP contribution < -0.4 is 5.69 Å². The van der Waals surface area contributed by atoms with Crippen LogP contribution >= 0.6 is 0 Å². The summed E-state index contributed by atoms with van der Waals surface area (Å²) in [6.07, 6.45) is 0. The molecule has 3 aromatic rings. The summed E-state index contributed by atoms with van der Waals surface area (Å²) >= 11 is 0. The first kappa shape index (κ1) is 19.4. The smallest absolute Gasteiger partial charge is 0.270 e. The van der Waals surface area contributed by atoms with Crippen LogP contribution in [0, 0.1) is 0 Å². The Bertz CT molecular complexity index is 759. The Morgan fingerprint density at radius 1 is 0.833 bits per heavy atom. The van der Waals surface area contributed by atoms with Gasteiger partial charge < -0.3 is 0 Å². The van der Waals surface area contributed by atoms with E-state index in [0.29, 0.717) is 12.4 Å². The summed E-state index contributed by atoms with van der Waals surface area (Å²) in [5.41, 5.74) is 1.92. The molecule has 0 atom stereocenters. The molecule has 0 aliphatic rings. The zero-order valence-corrected chi connectivity index (χ0v) is 15.2. The van der Waals surface area contributed by atoms with Gasteiger partial charge in [0.25, 0.3) is 0 Å². The lowest BCUT2D eigenvalue weighted by Gasteiger charge is -2.05. The zero-order chi connectivity index (χ0) is 17.9. The van der Waals surface area contributed by atoms with E-state index in [1.165, 1.54) is 4.68 Å². The molecule has 24 heavy (non-hydrogen) atoms. The molecule has 4 nitrogen and oxygen atoms in total. The van der Waals surface area contributed by atoms with Gasteiger partial charge in [0.05, 0.1) is 6.54 Å². The molecule has 0 saturated carbocycles. The Kier molecular flexibility index (Phi) is 8.26. The highest BCUT2D eigenvalue weighted by Gasteiger charge is 2.12. The lowest BCUT2D eigenvalue weighted by molar-refractivity contribution is 0.692. The monoisotopic (exact) mass is 325 g/mol. The second-order valence-corrected chi connectivity index (χ2v) is 4.67. The molecular formula is C20H27N3O. The van der Waals surface area contributed by atoms with Crippen molar-refractivity contribution in [3.8, 4) is 11.4 Å². The van der Waals surface area contributed by atoms with E-state index in [4.69, 9.17) is 0 Å². The molecule has 0 spiro atoms. The third kappa shape index (κ3) is 4.69. The SMILES string of the molecule is CC.CC.Cn1nc(-c2ccccc2)n(Cc2ccccc2)c1=O. The standard InChI is InChI=1S/C16H15N3O.2C2H6/c1-18-16(20)19(12-13-8-4-2-5-9-13)15(17-18)14-10-6-3-7-11-14;2*1-2/h2-11H,12H2,1H3;2*1-2H3. The number of hydrogen-bond acceptors (Lipinski definition) is 2. The van der Waals surface area contributed by atoms with Gasteiger partial charge in [0, 0.05) is 12.6 Å². The number of aryl methyl sites for hydroxylation is 1. The minimum atomic E-state index is -0.104. The number of benzene rings is 2. The molecule has 1 heterocycles. The van der Waals surface area contributed by atoms with Crippen molar-refractivity contribution in [2.45, 2.75) is 34.2 Å². The molecule has 4 heteroatoms. The summed E-state index contributed by atoms with van der Waals surface area (Å²) in [5, 5.41) is 4.34. The molecule has 0 N–H and O–H groups in total. The Labute approximate surface area is 144 Å². The van der Waals surface area contributed by atoms with Crippen molar-refractivity contribution >= 4 is 0 Å². The summed E-state index contributed by atoms with van der Waals surface area (Å²) in [4.78, 5) is 12.2. The topological polar surface area (TPSA) is 39.8 Å². The molecule has 0 aliphatic heterocycles. The summed E-state index contributed by atoms with van der Waals surface area (Å²) < 4.78 is 3.08. The predicted molar refractivity (Wildman–Crippen MR) is 101 cm³/mol. The Morgan fingerprint density at radius 3 is 1.88 bits per heavy atom. The summed E-state index contributed by atoms with van der Waals surface area (Å²) in [6, 6.07) is 19.7. The molecule has 0 amide bonds. The fourth-order valence-corrected chi connectivity index (χ4v) is 2.21. The molecule has 3 rings (SSSR count). The predicted octanol–water partition coefficient (Wildman–Crippen LogP) is 4.35. The van der Waals surface area contributed by atoms with E-state index in [-0.39, 0.29) is 5.69 Å². The van der Waals surface area contributed by atoms with Crippen LogP contribution in [0.15, 0.2) is 65.5 Å². The van der Waals surface area contributed by atoms with E-state index in [1.807, 2.05) is 88.4 Å². The van der Waals surface area contributed by atoms with Crippen molar-refractivity contribution < 1.29 is 0 Å². The van der Waals surface area contributed by atoms with Crippen molar-refractivity contribution in [3.63, 3.8) is 0 Å². The largest absolute Gasteiger partial charge is 0.346 e. The Hall–Kier alpha value is -2.62. The van der Waals surface area contributed by atoms with Crippen molar-refractivity contribution in [2.24, 2.45) is 7.05 Å². The van der Waals surface area contributed by atoms with Crippen LogP contribution in [-0.2, 0) is 13.6 Å². The molecule has 1 aromatic heterocycles. The van der Waals surface area contributed by atoms with Gasteiger partial charge >= 0.3 is 5.69 Å². The van der Waals surface area contributed by atoms with Crippen molar-refractivity contribution in [1.29, 1.82) is 0 Å². The highest BCUT2D eigenvalue weighted by atomic mass is 16.2. The van der Waals surface area contributed by atoms with E-state index in [0.717, 1.165) is 11.1 Å². The molecule has 0 unspecified atom stereocenters. The first-order valence-corrected chi connectivity index (χ1v) is 8.49. The maximum atomic E-state index is 12.2. The van der Waals surface area contributed by atoms with Crippen LogP contribution in [0.1, 0.15) is 33.3 Å². The number of hydrogen-bond donors (Lipinski definition) is 0. The second kappa shape index (κ2) is 10.2. The number of aromatic nitrogens is 3. The van der Waals surface area contributed by atoms with E-state index in [9.17, 15) is 4.79 Å². The van der Waals surface area contributed by atoms with Crippen molar-refractivity contribution in [3.05, 3.63) is 76.7 Å². The lowest BCUT2D eigenvalue weighted by Crippen LogP contribution is -2.23. The van der Waals surface area contributed by atoms with Crippen LogP contribution in [0.25, 0.3) is 11.4 Å². The van der Waals surface area contributed by atoms with Gasteiger partial charge in [0.2, 0.25) is 0 Å². The average molecular weight is 325 g/mol. The zero-order valence-electron chi connectivity index (χ0n) is 15.2. The molecule has 128 valence electrons. The first-order valence-electron chi connectivity index (χ1n) is 8.49. The molecule has 0 radical (unpaired) electrons. The quantitative estimate of drug-likeness (QED) is 0.718. The van der Waals surface area contributed by atoms with Crippen molar-refractivity contribution in [1.82, 2.24) is 14.3 Å². The molecule has 0 saturated heterocycles. The van der Waals surface area contributed by atoms with Gasteiger partial charge in [0.15, 0.2) is 5.82 Å². The third-order valence-corrected chi connectivity index (χ3v) is 3.22. The second-order valence-electron chi connectivity index (χ2n) is 4.67. The van der Waals surface area contributed by atoms with Crippen LogP contribution in [0.4, 0.5) is 0 Å². The minimum Gasteiger partial charge on any atom is -0.270 e. The van der Waals surface area contributed by atoms with Crippen LogP contribution in [-0.4, -0.2) is 14.3 Å². The molecule has 0 fully saturated rings. The number of rotatable bonds is 3. The van der Waals surface area contributed by atoms with E-state index in [2.05, 4.69) is 5.10 Å². The van der Waals surface area contributed by atoms with Gasteiger partial charge in [0.1, 0.15) is 0 Å². The fourth-order valence-electron chi connectivity index (χ4n) is 2.21. The van der Waals surface area contributed by atoms with Gasteiger partial charge in [-0.15, -0.1) is 5.10 Å². The van der Waals surface area contributed by atoms with Gasteiger partial charge in [-0.1, -0.05) is 88.4 Å². The fraction of sp³-hybridized carbons (Fsp3) is 0.300. The summed E-state index contributed by atoms with van der Waals surface area (Å²) in [5.74, 6) is 0.696. The maximum absolute atomic E-state index is 12.2. The van der Waals surface area contributed by atoms with Gasteiger partial charge in [-0.2, -0.15) is 0 Å². The van der Waals surface area contributed by atoms with Gasteiger partial charge in [-0.3, -0.25) is 4.57 Å². The van der Waals surface area contributed by atoms with E-state index < -0.39 is 0 Å². The Balaban J connectivity index is 0.000000671. The molecule has 0 aliphatic carbocycles. The normalized spacial score (nSPS) is 9.38. The highest BCUT2D eigenvalue weighted by Crippen LogP contribution is 2.16. The van der Waals surface area contributed by atoms with Gasteiger partial charge in [-0.25, -0.2) is 9.48 Å².